The molecule has 0 saturated carbocycles. The van der Waals surface area contributed by atoms with Crippen molar-refractivity contribution < 1.29 is 40.7 Å². The molecule has 2 aromatic carbocycles. The van der Waals surface area contributed by atoms with Crippen LogP contribution in [0, 0.1) is 0 Å². The lowest BCUT2D eigenvalue weighted by Crippen LogP contribution is -2.55. The molecule has 3 rings (SSSR count). The van der Waals surface area contributed by atoms with E-state index in [9.17, 15) is 35.9 Å². The van der Waals surface area contributed by atoms with Crippen LogP contribution in [-0.4, -0.2) is 47.2 Å². The Balaban J connectivity index is 1.95. The summed E-state index contributed by atoms with van der Waals surface area (Å²) in [5.74, 6) is 0. The second-order valence-corrected chi connectivity index (χ2v) is 10.9. The van der Waals surface area contributed by atoms with Crippen LogP contribution in [-0.2, 0) is 17.1 Å². The zero-order valence-corrected chi connectivity index (χ0v) is 22.9. The van der Waals surface area contributed by atoms with Crippen molar-refractivity contribution in [2.75, 3.05) is 13.6 Å². The Morgan fingerprint density at radius 1 is 0.975 bits per heavy atom. The fraction of sp³-hybridized carbons (Fsp3) is 0.500. The topological polar surface area (TPSA) is 61.9 Å². The molecule has 1 N–H and O–H groups in total. The summed E-state index contributed by atoms with van der Waals surface area (Å²) in [6.07, 6.45) is -9.67. The van der Waals surface area contributed by atoms with Gasteiger partial charge in [-0.25, -0.2) is 9.59 Å². The lowest BCUT2D eigenvalue weighted by Gasteiger charge is -2.44. The molecular weight excluding hydrogens is 540 g/mol. The monoisotopic (exact) mass is 573 g/mol. The van der Waals surface area contributed by atoms with E-state index in [4.69, 9.17) is 4.74 Å². The predicted molar refractivity (Wildman–Crippen MR) is 136 cm³/mol. The van der Waals surface area contributed by atoms with Crippen LogP contribution in [0.4, 0.5) is 35.9 Å². The number of hydrogen-bond acceptors (Lipinski definition) is 3. The average molecular weight is 574 g/mol. The summed E-state index contributed by atoms with van der Waals surface area (Å²) in [5, 5.41) is 2.83. The maximum atomic E-state index is 13.8. The average Bonchev–Trinajstić information content (AvgIpc) is 2.85. The van der Waals surface area contributed by atoms with Gasteiger partial charge < -0.3 is 19.9 Å². The molecule has 1 unspecified atom stereocenters. The molecule has 220 valence electrons. The van der Waals surface area contributed by atoms with Crippen LogP contribution in [0.2, 0.25) is 0 Å². The van der Waals surface area contributed by atoms with E-state index >= 15 is 0 Å². The number of likely N-dealkylation sites (tertiary alicyclic amines) is 1. The number of halogens is 6. The summed E-state index contributed by atoms with van der Waals surface area (Å²) in [6.45, 7) is 6.77. The lowest BCUT2D eigenvalue weighted by molar-refractivity contribution is -0.143. The van der Waals surface area contributed by atoms with Crippen LogP contribution in [0.15, 0.2) is 48.5 Å². The molecule has 0 aliphatic carbocycles. The number of nitrogens with zero attached hydrogens (tertiary/aromatic N) is 2. The number of carbonyl (C=O) groups excluding carboxylic acids is 2. The van der Waals surface area contributed by atoms with Gasteiger partial charge in [0.25, 0.3) is 0 Å². The number of rotatable bonds is 4. The number of amides is 3. The van der Waals surface area contributed by atoms with Gasteiger partial charge in [0, 0.05) is 13.6 Å². The molecule has 1 heterocycles. The molecule has 0 bridgehead atoms. The first-order valence-electron chi connectivity index (χ1n) is 12.8. The van der Waals surface area contributed by atoms with Crippen molar-refractivity contribution in [1.82, 2.24) is 15.1 Å². The predicted octanol–water partition coefficient (Wildman–Crippen LogP) is 7.57. The van der Waals surface area contributed by atoms with Gasteiger partial charge in [-0.15, -0.1) is 0 Å². The van der Waals surface area contributed by atoms with E-state index in [1.54, 1.807) is 51.1 Å². The highest BCUT2D eigenvalue weighted by Crippen LogP contribution is 2.39. The molecule has 3 atom stereocenters. The summed E-state index contributed by atoms with van der Waals surface area (Å²) >= 11 is 0. The molecule has 1 saturated heterocycles. The van der Waals surface area contributed by atoms with Crippen LogP contribution in [0.3, 0.4) is 0 Å². The van der Waals surface area contributed by atoms with E-state index in [0.717, 1.165) is 4.90 Å². The molecule has 0 spiro atoms. The van der Waals surface area contributed by atoms with Crippen molar-refractivity contribution in [1.29, 1.82) is 0 Å². The SMILES string of the molecule is C[C@H](c1cc(C(F)(F)F)cc(C(F)(F)F)c1)N(C)C(=O)N1CCCC(NC(=O)OC(C)(C)C)[C@@H]1c1ccccc1. The Kier molecular flexibility index (Phi) is 9.00. The Hall–Kier alpha value is -3.44. The Morgan fingerprint density at radius 3 is 2.02 bits per heavy atom. The van der Waals surface area contributed by atoms with E-state index < -0.39 is 59.3 Å². The highest BCUT2D eigenvalue weighted by Gasteiger charge is 2.41. The maximum absolute atomic E-state index is 13.8. The number of urea groups is 1. The first-order chi connectivity index (χ1) is 18.4. The smallest absolute Gasteiger partial charge is 0.416 e. The summed E-state index contributed by atoms with van der Waals surface area (Å²) in [5.41, 5.74) is -3.27. The summed E-state index contributed by atoms with van der Waals surface area (Å²) in [4.78, 5) is 29.0. The maximum Gasteiger partial charge on any atom is 0.416 e. The van der Waals surface area contributed by atoms with Crippen molar-refractivity contribution >= 4 is 12.1 Å². The van der Waals surface area contributed by atoms with E-state index in [-0.39, 0.29) is 18.2 Å². The highest BCUT2D eigenvalue weighted by atomic mass is 19.4. The summed E-state index contributed by atoms with van der Waals surface area (Å²) in [6, 6.07) is 7.25. The lowest BCUT2D eigenvalue weighted by atomic mass is 9.90. The molecule has 0 radical (unpaired) electrons. The van der Waals surface area contributed by atoms with Crippen LogP contribution in [0.5, 0.6) is 0 Å². The first kappa shape index (κ1) is 31.1. The Labute approximate surface area is 229 Å². The minimum absolute atomic E-state index is 0.0566. The number of piperidine rings is 1. The van der Waals surface area contributed by atoms with E-state index in [1.165, 1.54) is 18.9 Å². The van der Waals surface area contributed by atoms with Gasteiger partial charge in [0.1, 0.15) is 5.60 Å². The third-order valence-electron chi connectivity index (χ3n) is 6.70. The minimum Gasteiger partial charge on any atom is -0.444 e. The number of alkyl carbamates (subject to hydrolysis) is 1. The van der Waals surface area contributed by atoms with Gasteiger partial charge in [0.15, 0.2) is 0 Å². The fourth-order valence-corrected chi connectivity index (χ4v) is 4.69. The molecule has 12 heteroatoms. The third-order valence-corrected chi connectivity index (χ3v) is 6.70. The number of ether oxygens (including phenoxy) is 1. The van der Waals surface area contributed by atoms with Gasteiger partial charge in [-0.2, -0.15) is 26.3 Å². The van der Waals surface area contributed by atoms with Gasteiger partial charge in [0.05, 0.1) is 29.3 Å². The van der Waals surface area contributed by atoms with Gasteiger partial charge >= 0.3 is 24.5 Å². The van der Waals surface area contributed by atoms with E-state index in [0.29, 0.717) is 30.5 Å². The molecule has 1 aliphatic rings. The van der Waals surface area contributed by atoms with Crippen molar-refractivity contribution in [3.8, 4) is 0 Å². The van der Waals surface area contributed by atoms with Crippen LogP contribution in [0.25, 0.3) is 0 Å². The van der Waals surface area contributed by atoms with Gasteiger partial charge in [0.2, 0.25) is 0 Å². The summed E-state index contributed by atoms with van der Waals surface area (Å²) < 4.78 is 86.0. The number of nitrogens with one attached hydrogen (secondary N) is 1. The Morgan fingerprint density at radius 2 is 1.52 bits per heavy atom. The fourth-order valence-electron chi connectivity index (χ4n) is 4.69. The molecule has 1 aliphatic heterocycles. The Bertz CT molecular complexity index is 1160. The molecule has 40 heavy (non-hydrogen) atoms. The molecule has 1 fully saturated rings. The number of alkyl halides is 6. The largest absolute Gasteiger partial charge is 0.444 e. The standard InChI is InChI=1S/C28H33F6N3O3/c1-17(19-14-20(27(29,30)31)16-21(15-19)28(32,33)34)36(5)25(39)37-13-9-12-22(35-24(38)40-26(2,3)4)23(37)18-10-7-6-8-11-18/h6-8,10-11,14-17,22-23H,9,12-13H2,1-5H3,(H,35,38)/t17-,22?,23+/m1/s1. The van der Waals surface area contributed by atoms with Crippen LogP contribution in [0.1, 0.15) is 74.9 Å². The second kappa shape index (κ2) is 11.6. The first-order valence-corrected chi connectivity index (χ1v) is 12.8. The highest BCUT2D eigenvalue weighted by molar-refractivity contribution is 5.76. The van der Waals surface area contributed by atoms with Crippen LogP contribution < -0.4 is 5.32 Å². The number of hydrogen-bond donors (Lipinski definition) is 1. The molecule has 2 aromatic rings. The molecule has 3 amide bonds. The van der Waals surface area contributed by atoms with Gasteiger partial charge in [-0.1, -0.05) is 30.3 Å². The van der Waals surface area contributed by atoms with Gasteiger partial charge in [-0.3, -0.25) is 0 Å². The van der Waals surface area contributed by atoms with Crippen molar-refractivity contribution in [2.24, 2.45) is 0 Å². The van der Waals surface area contributed by atoms with Crippen molar-refractivity contribution in [2.45, 2.75) is 76.6 Å². The van der Waals surface area contributed by atoms with Crippen molar-refractivity contribution in [3.63, 3.8) is 0 Å². The molecular formula is C28H33F6N3O3. The molecule has 6 nitrogen and oxygen atoms in total. The summed E-state index contributed by atoms with van der Waals surface area (Å²) in [7, 11) is 1.33. The quantitative estimate of drug-likeness (QED) is 0.384. The number of benzene rings is 2. The zero-order valence-electron chi connectivity index (χ0n) is 22.9. The van der Waals surface area contributed by atoms with E-state index in [2.05, 4.69) is 5.32 Å². The zero-order chi connectivity index (χ0) is 30.0. The second-order valence-electron chi connectivity index (χ2n) is 10.9. The van der Waals surface area contributed by atoms with E-state index in [1.807, 2.05) is 0 Å². The molecule has 0 aromatic heterocycles. The minimum atomic E-state index is -5.01. The van der Waals surface area contributed by atoms with Gasteiger partial charge in [-0.05, 0) is 69.9 Å². The van der Waals surface area contributed by atoms with Crippen LogP contribution >= 0.6 is 0 Å². The third kappa shape index (κ3) is 7.60. The normalized spacial score (nSPS) is 19.1. The van der Waals surface area contributed by atoms with Crippen molar-refractivity contribution in [3.05, 3.63) is 70.8 Å². The number of carbonyl (C=O) groups is 2.